The van der Waals surface area contributed by atoms with Crippen LogP contribution in [-0.2, 0) is 0 Å². The molecule has 0 N–H and O–H groups in total. The van der Waals surface area contributed by atoms with Crippen LogP contribution in [-0.4, -0.2) is 0 Å². The minimum Gasteiger partial charge on any atom is -0.192 e. The number of nitrogens with zero attached hydrogens (tertiary/aromatic N) is 1. The molecule has 16 heavy (non-hydrogen) atoms. The summed E-state index contributed by atoms with van der Waals surface area (Å²) in [7, 11) is 0. The van der Waals surface area contributed by atoms with E-state index in [1.54, 1.807) is 0 Å². The Bertz CT molecular complexity index is 420. The summed E-state index contributed by atoms with van der Waals surface area (Å²) in [6.07, 6.45) is 8.25. The van der Waals surface area contributed by atoms with Crippen LogP contribution < -0.4 is 0 Å². The first-order valence-corrected chi connectivity index (χ1v) is 6.02. The Morgan fingerprint density at radius 1 is 1.25 bits per heavy atom. The molecule has 0 aromatic heterocycles. The smallest absolute Gasteiger partial charge is 0.0994 e. The van der Waals surface area contributed by atoms with Crippen molar-refractivity contribution in [1.29, 1.82) is 5.26 Å². The highest BCUT2D eigenvalue weighted by Gasteiger charge is 2.20. The van der Waals surface area contributed by atoms with Crippen LogP contribution in [0, 0.1) is 11.3 Å². The molecule has 0 saturated heterocycles. The van der Waals surface area contributed by atoms with Gasteiger partial charge in [0.2, 0.25) is 0 Å². The predicted octanol–water partition coefficient (Wildman–Crippen LogP) is 4.25. The van der Waals surface area contributed by atoms with Gasteiger partial charge < -0.3 is 0 Å². The van der Waals surface area contributed by atoms with Crippen molar-refractivity contribution >= 4 is 6.08 Å². The van der Waals surface area contributed by atoms with Gasteiger partial charge in [-0.25, -0.2) is 0 Å². The summed E-state index contributed by atoms with van der Waals surface area (Å²) >= 11 is 0. The summed E-state index contributed by atoms with van der Waals surface area (Å²) in [4.78, 5) is 0. The van der Waals surface area contributed by atoms with Crippen molar-refractivity contribution < 1.29 is 0 Å². The van der Waals surface area contributed by atoms with Gasteiger partial charge in [0.05, 0.1) is 11.6 Å². The van der Waals surface area contributed by atoms with Crippen LogP contribution in [0.5, 0.6) is 0 Å². The van der Waals surface area contributed by atoms with Gasteiger partial charge in [0, 0.05) is 0 Å². The third kappa shape index (κ3) is 2.02. The van der Waals surface area contributed by atoms with Gasteiger partial charge in [-0.1, -0.05) is 44.1 Å². The van der Waals surface area contributed by atoms with Gasteiger partial charge in [-0.05, 0) is 36.0 Å². The Morgan fingerprint density at radius 3 is 2.62 bits per heavy atom. The Balaban J connectivity index is 2.43. The highest BCUT2D eigenvalue weighted by Crippen LogP contribution is 2.36. The normalized spacial score (nSPS) is 16.7. The van der Waals surface area contributed by atoms with Crippen LogP contribution in [0.2, 0.25) is 0 Å². The maximum atomic E-state index is 9.18. The van der Waals surface area contributed by atoms with Gasteiger partial charge in [-0.2, -0.15) is 5.26 Å². The van der Waals surface area contributed by atoms with E-state index in [2.05, 4.69) is 18.7 Å². The third-order valence-electron chi connectivity index (χ3n) is 3.49. The van der Waals surface area contributed by atoms with E-state index in [4.69, 9.17) is 0 Å². The second-order valence-electron chi connectivity index (χ2n) is 4.46. The number of benzene rings is 1. The molecular weight excluding hydrogens is 194 g/mol. The molecular formula is C15H17N. The summed E-state index contributed by atoms with van der Waals surface area (Å²) in [6, 6.07) is 8.26. The van der Waals surface area contributed by atoms with Crippen LogP contribution in [0.1, 0.15) is 54.7 Å². The largest absolute Gasteiger partial charge is 0.192 e. The standard InChI is InChI=1S/C15H17N/c1-2-12-9-6-10-14(11-16)15(12)13-7-4-3-5-8-13/h2,6,9-10,13H,1,3-5,7-8H2. The summed E-state index contributed by atoms with van der Waals surface area (Å²) in [5.74, 6) is 0.567. The van der Waals surface area contributed by atoms with E-state index < -0.39 is 0 Å². The molecule has 0 aliphatic heterocycles. The quantitative estimate of drug-likeness (QED) is 0.717. The topological polar surface area (TPSA) is 23.8 Å². The van der Waals surface area contributed by atoms with Crippen molar-refractivity contribution in [2.45, 2.75) is 38.0 Å². The molecule has 1 saturated carbocycles. The van der Waals surface area contributed by atoms with Crippen molar-refractivity contribution in [3.63, 3.8) is 0 Å². The Kier molecular flexibility index (Phi) is 3.41. The van der Waals surface area contributed by atoms with Crippen LogP contribution in [0.3, 0.4) is 0 Å². The van der Waals surface area contributed by atoms with Gasteiger partial charge in [-0.3, -0.25) is 0 Å². The van der Waals surface area contributed by atoms with E-state index in [1.807, 2.05) is 18.2 Å². The SMILES string of the molecule is C=Cc1cccc(C#N)c1C1CCCCC1. The van der Waals surface area contributed by atoms with E-state index in [0.29, 0.717) is 5.92 Å². The minimum atomic E-state index is 0.567. The average molecular weight is 211 g/mol. The predicted molar refractivity (Wildman–Crippen MR) is 67.1 cm³/mol. The first-order chi connectivity index (χ1) is 7.86. The number of nitriles is 1. The summed E-state index contributed by atoms with van der Waals surface area (Å²) in [5, 5.41) is 9.18. The second kappa shape index (κ2) is 4.99. The molecule has 1 aliphatic carbocycles. The van der Waals surface area contributed by atoms with Crippen LogP contribution in [0.4, 0.5) is 0 Å². The fraction of sp³-hybridized carbons (Fsp3) is 0.400. The molecule has 1 aromatic carbocycles. The second-order valence-corrected chi connectivity index (χ2v) is 4.46. The van der Waals surface area contributed by atoms with Crippen molar-refractivity contribution in [2.75, 3.05) is 0 Å². The molecule has 0 radical (unpaired) electrons. The van der Waals surface area contributed by atoms with Crippen molar-refractivity contribution in [1.82, 2.24) is 0 Å². The first-order valence-electron chi connectivity index (χ1n) is 6.02. The summed E-state index contributed by atoms with van der Waals surface area (Å²) < 4.78 is 0. The fourth-order valence-corrected chi connectivity index (χ4v) is 2.71. The molecule has 1 aliphatic rings. The lowest BCUT2D eigenvalue weighted by Gasteiger charge is -2.24. The zero-order chi connectivity index (χ0) is 11.4. The highest BCUT2D eigenvalue weighted by molar-refractivity contribution is 5.58. The Morgan fingerprint density at radius 2 is 2.00 bits per heavy atom. The molecule has 1 nitrogen and oxygen atoms in total. The molecule has 1 heteroatoms. The maximum Gasteiger partial charge on any atom is 0.0994 e. The summed E-state index contributed by atoms with van der Waals surface area (Å²) in [6.45, 7) is 3.85. The highest BCUT2D eigenvalue weighted by atomic mass is 14.3. The van der Waals surface area contributed by atoms with Crippen LogP contribution in [0.15, 0.2) is 24.8 Å². The van der Waals surface area contributed by atoms with E-state index in [-0.39, 0.29) is 0 Å². The first kappa shape index (κ1) is 11.0. The third-order valence-corrected chi connectivity index (χ3v) is 3.49. The van der Waals surface area contributed by atoms with E-state index in [0.717, 1.165) is 11.1 Å². The van der Waals surface area contributed by atoms with Crippen molar-refractivity contribution in [3.8, 4) is 6.07 Å². The lowest BCUT2D eigenvalue weighted by atomic mass is 9.80. The molecule has 1 fully saturated rings. The summed E-state index contributed by atoms with van der Waals surface area (Å²) in [5.41, 5.74) is 3.22. The van der Waals surface area contributed by atoms with E-state index in [1.165, 1.54) is 37.7 Å². The zero-order valence-corrected chi connectivity index (χ0v) is 9.58. The van der Waals surface area contributed by atoms with Gasteiger partial charge >= 0.3 is 0 Å². The van der Waals surface area contributed by atoms with E-state index in [9.17, 15) is 5.26 Å². The average Bonchev–Trinajstić information content (AvgIpc) is 2.38. The lowest BCUT2D eigenvalue weighted by molar-refractivity contribution is 0.443. The number of rotatable bonds is 2. The molecule has 82 valence electrons. The van der Waals surface area contributed by atoms with Crippen LogP contribution >= 0.6 is 0 Å². The van der Waals surface area contributed by atoms with Gasteiger partial charge in [-0.15, -0.1) is 0 Å². The molecule has 2 rings (SSSR count). The minimum absolute atomic E-state index is 0.567. The fourth-order valence-electron chi connectivity index (χ4n) is 2.71. The Labute approximate surface area is 97.4 Å². The van der Waals surface area contributed by atoms with E-state index >= 15 is 0 Å². The molecule has 0 amide bonds. The van der Waals surface area contributed by atoms with Gasteiger partial charge in [0.25, 0.3) is 0 Å². The lowest BCUT2D eigenvalue weighted by Crippen LogP contribution is -2.08. The van der Waals surface area contributed by atoms with Gasteiger partial charge in [0.1, 0.15) is 0 Å². The molecule has 0 spiro atoms. The van der Waals surface area contributed by atoms with Gasteiger partial charge in [0.15, 0.2) is 0 Å². The van der Waals surface area contributed by atoms with Crippen molar-refractivity contribution in [2.24, 2.45) is 0 Å². The molecule has 0 unspecified atom stereocenters. The number of hydrogen-bond acceptors (Lipinski definition) is 1. The molecule has 0 heterocycles. The van der Waals surface area contributed by atoms with Crippen molar-refractivity contribution in [3.05, 3.63) is 41.5 Å². The number of hydrogen-bond donors (Lipinski definition) is 0. The molecule has 0 atom stereocenters. The molecule has 0 bridgehead atoms. The monoisotopic (exact) mass is 211 g/mol. The maximum absolute atomic E-state index is 9.18. The molecule has 1 aromatic rings. The Hall–Kier alpha value is -1.55. The van der Waals surface area contributed by atoms with Crippen LogP contribution in [0.25, 0.3) is 6.08 Å². The zero-order valence-electron chi connectivity index (χ0n) is 9.58.